The van der Waals surface area contributed by atoms with E-state index in [1.165, 1.54) is 24.5 Å². The van der Waals surface area contributed by atoms with Gasteiger partial charge in [-0.25, -0.2) is 4.98 Å². The van der Waals surface area contributed by atoms with E-state index in [0.29, 0.717) is 17.1 Å². The van der Waals surface area contributed by atoms with E-state index >= 15 is 0 Å². The summed E-state index contributed by atoms with van der Waals surface area (Å²) in [6, 6.07) is 4.45. The van der Waals surface area contributed by atoms with Crippen LogP contribution in [0.3, 0.4) is 0 Å². The number of rotatable bonds is 2. The Labute approximate surface area is 103 Å². The molecule has 2 aromatic rings. The third-order valence-electron chi connectivity index (χ3n) is 2.38. The summed E-state index contributed by atoms with van der Waals surface area (Å²) in [5.74, 6) is 0.104. The molecule has 0 atom stereocenters. The molecule has 6 nitrogen and oxygen atoms in total. The third-order valence-corrected chi connectivity index (χ3v) is 2.38. The second kappa shape index (κ2) is 4.70. The third kappa shape index (κ3) is 2.54. The highest BCUT2D eigenvalue weighted by Gasteiger charge is 2.08. The van der Waals surface area contributed by atoms with Crippen molar-refractivity contribution in [3.8, 4) is 0 Å². The minimum atomic E-state index is -0.341. The zero-order chi connectivity index (χ0) is 13.1. The van der Waals surface area contributed by atoms with Gasteiger partial charge in [0.15, 0.2) is 0 Å². The van der Waals surface area contributed by atoms with Gasteiger partial charge in [-0.1, -0.05) is 0 Å². The zero-order valence-corrected chi connectivity index (χ0v) is 9.73. The molecule has 0 saturated carbocycles. The number of hydrogen-bond donors (Lipinski definition) is 3. The van der Waals surface area contributed by atoms with Gasteiger partial charge in [-0.2, -0.15) is 0 Å². The molecule has 0 aliphatic heterocycles. The summed E-state index contributed by atoms with van der Waals surface area (Å²) in [7, 11) is 0. The topological polar surface area (TPSA) is 101 Å². The van der Waals surface area contributed by atoms with E-state index in [-0.39, 0.29) is 11.5 Å². The van der Waals surface area contributed by atoms with Crippen molar-refractivity contribution in [2.24, 2.45) is 0 Å². The lowest BCUT2D eigenvalue weighted by atomic mass is 10.2. The number of carbonyl (C=O) groups excluding carboxylic acids is 1. The van der Waals surface area contributed by atoms with Crippen LogP contribution in [0.2, 0.25) is 0 Å². The Bertz CT molecular complexity index is 628. The standard InChI is InChI=1S/C12H12N4O2/c1-7-4-9(13)6-15-11(7)16-12(18)8-2-3-10(17)14-5-8/h2-6H,13H2,1H3,(H,14,17)(H,15,16,18). The average molecular weight is 244 g/mol. The zero-order valence-electron chi connectivity index (χ0n) is 9.73. The van der Waals surface area contributed by atoms with E-state index in [9.17, 15) is 9.59 Å². The molecule has 0 aliphatic carbocycles. The molecule has 0 fully saturated rings. The first-order valence-electron chi connectivity index (χ1n) is 5.28. The van der Waals surface area contributed by atoms with Crippen LogP contribution < -0.4 is 16.6 Å². The van der Waals surface area contributed by atoms with E-state index < -0.39 is 0 Å². The monoisotopic (exact) mass is 244 g/mol. The number of carbonyl (C=O) groups is 1. The minimum Gasteiger partial charge on any atom is -0.397 e. The molecular formula is C12H12N4O2. The lowest BCUT2D eigenvalue weighted by molar-refractivity contribution is 0.102. The molecule has 6 heteroatoms. The summed E-state index contributed by atoms with van der Waals surface area (Å²) in [6.45, 7) is 1.80. The fourth-order valence-corrected chi connectivity index (χ4v) is 1.46. The van der Waals surface area contributed by atoms with Gasteiger partial charge in [0.05, 0.1) is 17.4 Å². The molecule has 1 amide bonds. The molecular weight excluding hydrogens is 232 g/mol. The van der Waals surface area contributed by atoms with E-state index in [4.69, 9.17) is 5.73 Å². The first kappa shape index (κ1) is 11.8. The van der Waals surface area contributed by atoms with Crippen LogP contribution in [0.15, 0.2) is 35.4 Å². The molecule has 18 heavy (non-hydrogen) atoms. The predicted octanol–water partition coefficient (Wildman–Crippen LogP) is 0.913. The number of nitrogens with one attached hydrogen (secondary N) is 2. The molecule has 2 aromatic heterocycles. The molecule has 0 bridgehead atoms. The van der Waals surface area contributed by atoms with Crippen LogP contribution in [0, 0.1) is 6.92 Å². The van der Waals surface area contributed by atoms with Gasteiger partial charge in [0.25, 0.3) is 5.91 Å². The van der Waals surface area contributed by atoms with Crippen molar-refractivity contribution in [2.45, 2.75) is 6.92 Å². The van der Waals surface area contributed by atoms with Crippen molar-refractivity contribution in [2.75, 3.05) is 11.1 Å². The predicted molar refractivity (Wildman–Crippen MR) is 68.4 cm³/mol. The van der Waals surface area contributed by atoms with Gasteiger partial charge >= 0.3 is 0 Å². The second-order valence-corrected chi connectivity index (χ2v) is 3.83. The molecule has 92 valence electrons. The van der Waals surface area contributed by atoms with Crippen molar-refractivity contribution in [1.29, 1.82) is 0 Å². The molecule has 0 aromatic carbocycles. The van der Waals surface area contributed by atoms with E-state index in [2.05, 4.69) is 15.3 Å². The van der Waals surface area contributed by atoms with Crippen LogP contribution in [-0.2, 0) is 0 Å². The highest BCUT2D eigenvalue weighted by molar-refractivity contribution is 6.03. The summed E-state index contributed by atoms with van der Waals surface area (Å²) in [4.78, 5) is 29.2. The molecule has 4 N–H and O–H groups in total. The van der Waals surface area contributed by atoms with E-state index in [0.717, 1.165) is 5.56 Å². The molecule has 2 rings (SSSR count). The van der Waals surface area contributed by atoms with Gasteiger partial charge in [-0.3, -0.25) is 9.59 Å². The molecule has 0 saturated heterocycles. The minimum absolute atomic E-state index is 0.256. The maximum Gasteiger partial charge on any atom is 0.258 e. The first-order valence-corrected chi connectivity index (χ1v) is 5.28. The Hall–Kier alpha value is -2.63. The molecule has 2 heterocycles. The summed E-state index contributed by atoms with van der Waals surface area (Å²) in [6.07, 6.45) is 2.82. The number of hydrogen-bond acceptors (Lipinski definition) is 4. The van der Waals surface area contributed by atoms with Crippen molar-refractivity contribution >= 4 is 17.4 Å². The number of amides is 1. The van der Waals surface area contributed by atoms with Gasteiger partial charge in [-0.15, -0.1) is 0 Å². The first-order chi connectivity index (χ1) is 8.56. The normalized spacial score (nSPS) is 10.1. The number of aromatic nitrogens is 2. The maximum atomic E-state index is 11.9. The highest BCUT2D eigenvalue weighted by atomic mass is 16.2. The lowest BCUT2D eigenvalue weighted by Gasteiger charge is -2.07. The summed E-state index contributed by atoms with van der Waals surface area (Å²) in [5, 5.41) is 2.65. The lowest BCUT2D eigenvalue weighted by Crippen LogP contribution is -2.16. The van der Waals surface area contributed by atoms with Crippen LogP contribution in [0.5, 0.6) is 0 Å². The Morgan fingerprint density at radius 3 is 2.83 bits per heavy atom. The number of nitrogens with two attached hydrogens (primary N) is 1. The fourth-order valence-electron chi connectivity index (χ4n) is 1.46. The smallest absolute Gasteiger partial charge is 0.258 e. The average Bonchev–Trinajstić information content (AvgIpc) is 2.33. The number of aryl methyl sites for hydroxylation is 1. The van der Waals surface area contributed by atoms with Gasteiger partial charge < -0.3 is 16.0 Å². The van der Waals surface area contributed by atoms with Gasteiger partial charge in [0, 0.05) is 12.3 Å². The molecule has 0 radical (unpaired) electrons. The number of pyridine rings is 2. The van der Waals surface area contributed by atoms with Crippen molar-refractivity contribution in [3.63, 3.8) is 0 Å². The number of aromatic amines is 1. The second-order valence-electron chi connectivity index (χ2n) is 3.83. The maximum absolute atomic E-state index is 11.9. The highest BCUT2D eigenvalue weighted by Crippen LogP contribution is 2.14. The Morgan fingerprint density at radius 1 is 1.44 bits per heavy atom. The summed E-state index contributed by atoms with van der Waals surface area (Å²) < 4.78 is 0. The molecule has 0 aliphatic rings. The number of nitrogens with zero attached hydrogens (tertiary/aromatic N) is 1. The van der Waals surface area contributed by atoms with Crippen LogP contribution >= 0.6 is 0 Å². The van der Waals surface area contributed by atoms with E-state index in [1.54, 1.807) is 13.0 Å². The quantitative estimate of drug-likeness (QED) is 0.730. The van der Waals surface area contributed by atoms with Crippen LogP contribution in [0.4, 0.5) is 11.5 Å². The van der Waals surface area contributed by atoms with Crippen LogP contribution in [-0.4, -0.2) is 15.9 Å². The van der Waals surface area contributed by atoms with Crippen molar-refractivity contribution < 1.29 is 4.79 Å². The fraction of sp³-hybridized carbons (Fsp3) is 0.0833. The van der Waals surface area contributed by atoms with Gasteiger partial charge in [0.2, 0.25) is 5.56 Å². The van der Waals surface area contributed by atoms with Crippen molar-refractivity contribution in [3.05, 3.63) is 52.1 Å². The van der Waals surface area contributed by atoms with Gasteiger partial charge in [0.1, 0.15) is 5.82 Å². The Morgan fingerprint density at radius 2 is 2.22 bits per heavy atom. The summed E-state index contributed by atoms with van der Waals surface area (Å²) >= 11 is 0. The van der Waals surface area contributed by atoms with Crippen LogP contribution in [0.1, 0.15) is 15.9 Å². The number of H-pyrrole nitrogens is 1. The molecule has 0 unspecified atom stereocenters. The Kier molecular flexibility index (Phi) is 3.09. The number of nitrogen functional groups attached to an aromatic ring is 1. The SMILES string of the molecule is Cc1cc(N)cnc1NC(=O)c1ccc(=O)[nH]c1. The van der Waals surface area contributed by atoms with Gasteiger partial charge in [-0.05, 0) is 24.6 Å². The number of anilines is 2. The van der Waals surface area contributed by atoms with E-state index in [1.807, 2.05) is 0 Å². The summed E-state index contributed by atoms with van der Waals surface area (Å²) in [5.41, 5.74) is 6.98. The van der Waals surface area contributed by atoms with Crippen LogP contribution in [0.25, 0.3) is 0 Å². The molecule has 0 spiro atoms. The van der Waals surface area contributed by atoms with Crippen molar-refractivity contribution in [1.82, 2.24) is 9.97 Å². The largest absolute Gasteiger partial charge is 0.397 e. The Balaban J connectivity index is 2.21.